The van der Waals surface area contributed by atoms with Gasteiger partial charge >= 0.3 is 0 Å². The molecule has 0 atom stereocenters. The summed E-state index contributed by atoms with van der Waals surface area (Å²) in [6, 6.07) is 14.6. The van der Waals surface area contributed by atoms with Gasteiger partial charge in [0, 0.05) is 36.6 Å². The molecule has 0 aliphatic carbocycles. The number of hydrogen-bond donors (Lipinski definition) is 0. The van der Waals surface area contributed by atoms with Crippen LogP contribution in [0.1, 0.15) is 11.1 Å². The molecule has 1 aliphatic rings. The molecule has 5 nitrogen and oxygen atoms in total. The first-order chi connectivity index (χ1) is 13.4. The van der Waals surface area contributed by atoms with Gasteiger partial charge in [0.15, 0.2) is 0 Å². The zero-order valence-corrected chi connectivity index (χ0v) is 17.5. The van der Waals surface area contributed by atoms with E-state index < -0.39 is 10.0 Å². The van der Waals surface area contributed by atoms with Crippen LogP contribution >= 0.6 is 11.6 Å². The summed E-state index contributed by atoms with van der Waals surface area (Å²) in [5.74, 6) is 0.905. The molecule has 28 heavy (non-hydrogen) atoms. The molecule has 1 aromatic heterocycles. The lowest BCUT2D eigenvalue weighted by atomic mass is 10.1. The normalized spacial score (nSPS) is 15.9. The quantitative estimate of drug-likeness (QED) is 0.648. The number of aryl methyl sites for hydroxylation is 2. The molecule has 2 aromatic carbocycles. The maximum atomic E-state index is 12.9. The summed E-state index contributed by atoms with van der Waals surface area (Å²) in [5.41, 5.74) is 3.33. The molecular weight excluding hydrogens is 394 g/mol. The summed E-state index contributed by atoms with van der Waals surface area (Å²) in [6.07, 6.45) is 0. The number of sulfonamides is 1. The van der Waals surface area contributed by atoms with Crippen molar-refractivity contribution in [3.8, 4) is 0 Å². The van der Waals surface area contributed by atoms with Crippen LogP contribution in [0.2, 0.25) is 5.02 Å². The molecule has 0 saturated carbocycles. The Morgan fingerprint density at radius 2 is 1.61 bits per heavy atom. The number of fused-ring (bicyclic) bond motifs is 1. The molecule has 3 aromatic rings. The van der Waals surface area contributed by atoms with Crippen molar-refractivity contribution in [1.82, 2.24) is 9.29 Å². The fourth-order valence-electron chi connectivity index (χ4n) is 3.62. The Morgan fingerprint density at radius 1 is 0.929 bits per heavy atom. The first kappa shape index (κ1) is 19.2. The second kappa shape index (κ2) is 7.35. The lowest BCUT2D eigenvalue weighted by Gasteiger charge is -2.35. The van der Waals surface area contributed by atoms with Gasteiger partial charge in [-0.05, 0) is 55.3 Å². The molecule has 1 saturated heterocycles. The molecule has 0 unspecified atom stereocenters. The predicted octanol–water partition coefficient (Wildman–Crippen LogP) is 4.02. The van der Waals surface area contributed by atoms with Gasteiger partial charge in [0.05, 0.1) is 10.4 Å². The third-order valence-corrected chi connectivity index (χ3v) is 7.41. The molecule has 1 aliphatic heterocycles. The van der Waals surface area contributed by atoms with E-state index >= 15 is 0 Å². The smallest absolute Gasteiger partial charge is 0.243 e. The minimum absolute atomic E-state index is 0.278. The minimum atomic E-state index is -3.51. The Kier molecular flexibility index (Phi) is 5.04. The van der Waals surface area contributed by atoms with E-state index in [2.05, 4.69) is 36.9 Å². The molecule has 0 bridgehead atoms. The van der Waals surface area contributed by atoms with E-state index in [-0.39, 0.29) is 4.90 Å². The third-order valence-electron chi connectivity index (χ3n) is 5.25. The van der Waals surface area contributed by atoms with Crippen LogP contribution in [0.4, 0.5) is 5.82 Å². The maximum absolute atomic E-state index is 12.9. The lowest BCUT2D eigenvalue weighted by molar-refractivity contribution is 0.384. The topological polar surface area (TPSA) is 53.5 Å². The fourth-order valence-corrected chi connectivity index (χ4v) is 5.17. The molecular formula is C21H22ClN3O2S. The van der Waals surface area contributed by atoms with E-state index in [1.807, 2.05) is 6.07 Å². The number of hydrogen-bond acceptors (Lipinski definition) is 4. The molecule has 2 heterocycles. The van der Waals surface area contributed by atoms with Gasteiger partial charge < -0.3 is 4.90 Å². The zero-order chi connectivity index (χ0) is 19.9. The van der Waals surface area contributed by atoms with Crippen LogP contribution < -0.4 is 4.90 Å². The summed E-state index contributed by atoms with van der Waals surface area (Å²) < 4.78 is 27.3. The molecule has 0 N–H and O–H groups in total. The number of rotatable bonds is 3. The van der Waals surface area contributed by atoms with E-state index in [9.17, 15) is 8.42 Å². The summed E-state index contributed by atoms with van der Waals surface area (Å²) in [5, 5.41) is 1.68. The van der Waals surface area contributed by atoms with Crippen LogP contribution in [0.25, 0.3) is 10.9 Å². The summed E-state index contributed by atoms with van der Waals surface area (Å²) in [7, 11) is -3.51. The number of pyridine rings is 1. The molecule has 0 amide bonds. The molecule has 0 spiro atoms. The minimum Gasteiger partial charge on any atom is -0.354 e. The number of aromatic nitrogens is 1. The standard InChI is InChI=1S/C21H22ClN3O2S/c1-15-4-3-5-19-16(2)14-20(23-21(15)19)24-10-12-25(13-11-24)28(26,27)18-8-6-17(22)7-9-18/h3-9,14H,10-13H2,1-2H3. The van der Waals surface area contributed by atoms with Crippen molar-refractivity contribution in [3.05, 3.63) is 64.7 Å². The number of anilines is 1. The van der Waals surface area contributed by atoms with Crippen molar-refractivity contribution in [3.63, 3.8) is 0 Å². The van der Waals surface area contributed by atoms with Crippen molar-refractivity contribution >= 4 is 38.3 Å². The van der Waals surface area contributed by atoms with Crippen molar-refractivity contribution < 1.29 is 8.42 Å². The van der Waals surface area contributed by atoms with Gasteiger partial charge in [-0.3, -0.25) is 0 Å². The van der Waals surface area contributed by atoms with E-state index in [4.69, 9.17) is 16.6 Å². The third kappa shape index (κ3) is 3.48. The Hall–Kier alpha value is -2.15. The van der Waals surface area contributed by atoms with Crippen LogP contribution in [-0.2, 0) is 10.0 Å². The fraction of sp³-hybridized carbons (Fsp3) is 0.286. The van der Waals surface area contributed by atoms with Gasteiger partial charge in [-0.2, -0.15) is 4.31 Å². The number of benzene rings is 2. The van der Waals surface area contributed by atoms with Crippen LogP contribution in [0, 0.1) is 13.8 Å². The van der Waals surface area contributed by atoms with Gasteiger partial charge in [-0.1, -0.05) is 29.8 Å². The number of para-hydroxylation sites is 1. The summed E-state index contributed by atoms with van der Waals surface area (Å²) in [6.45, 7) is 6.23. The Morgan fingerprint density at radius 3 is 2.29 bits per heavy atom. The molecule has 7 heteroatoms. The van der Waals surface area contributed by atoms with Crippen molar-refractivity contribution in [2.24, 2.45) is 0 Å². The van der Waals surface area contributed by atoms with Crippen LogP contribution in [0.5, 0.6) is 0 Å². The molecule has 146 valence electrons. The Bertz CT molecular complexity index is 1120. The zero-order valence-electron chi connectivity index (χ0n) is 15.9. The molecule has 4 rings (SSSR count). The SMILES string of the molecule is Cc1cc(N2CCN(S(=O)(=O)c3ccc(Cl)cc3)CC2)nc2c(C)cccc12. The second-order valence-electron chi connectivity index (χ2n) is 7.11. The molecule has 0 radical (unpaired) electrons. The van der Waals surface area contributed by atoms with E-state index in [1.54, 1.807) is 24.3 Å². The van der Waals surface area contributed by atoms with Crippen LogP contribution in [0.3, 0.4) is 0 Å². The van der Waals surface area contributed by atoms with Gasteiger partial charge in [0.2, 0.25) is 10.0 Å². The van der Waals surface area contributed by atoms with Crippen molar-refractivity contribution in [1.29, 1.82) is 0 Å². The first-order valence-corrected chi connectivity index (χ1v) is 11.1. The predicted molar refractivity (Wildman–Crippen MR) is 114 cm³/mol. The van der Waals surface area contributed by atoms with Gasteiger partial charge in [-0.15, -0.1) is 0 Å². The van der Waals surface area contributed by atoms with Crippen molar-refractivity contribution in [2.45, 2.75) is 18.7 Å². The van der Waals surface area contributed by atoms with Gasteiger partial charge in [0.1, 0.15) is 5.82 Å². The highest BCUT2D eigenvalue weighted by Crippen LogP contribution is 2.26. The Balaban J connectivity index is 1.55. The Labute approximate surface area is 170 Å². The summed E-state index contributed by atoms with van der Waals surface area (Å²) >= 11 is 5.88. The van der Waals surface area contributed by atoms with E-state index in [0.29, 0.717) is 31.2 Å². The highest BCUT2D eigenvalue weighted by atomic mass is 35.5. The maximum Gasteiger partial charge on any atom is 0.243 e. The van der Waals surface area contributed by atoms with E-state index in [1.165, 1.54) is 9.87 Å². The number of nitrogens with zero attached hydrogens (tertiary/aromatic N) is 3. The van der Waals surface area contributed by atoms with Crippen molar-refractivity contribution in [2.75, 3.05) is 31.1 Å². The number of halogens is 1. The van der Waals surface area contributed by atoms with Gasteiger partial charge in [0.25, 0.3) is 0 Å². The van der Waals surface area contributed by atoms with E-state index in [0.717, 1.165) is 22.3 Å². The largest absolute Gasteiger partial charge is 0.354 e. The lowest BCUT2D eigenvalue weighted by Crippen LogP contribution is -2.48. The second-order valence-corrected chi connectivity index (χ2v) is 9.49. The average molecular weight is 416 g/mol. The first-order valence-electron chi connectivity index (χ1n) is 9.24. The van der Waals surface area contributed by atoms with Gasteiger partial charge in [-0.25, -0.2) is 13.4 Å². The summed E-state index contributed by atoms with van der Waals surface area (Å²) in [4.78, 5) is 7.30. The van der Waals surface area contributed by atoms with Crippen LogP contribution in [-0.4, -0.2) is 43.9 Å². The monoisotopic (exact) mass is 415 g/mol. The molecule has 1 fully saturated rings. The highest BCUT2D eigenvalue weighted by Gasteiger charge is 2.29. The highest BCUT2D eigenvalue weighted by molar-refractivity contribution is 7.89. The average Bonchev–Trinajstić information content (AvgIpc) is 2.69. The number of piperazine rings is 1. The van der Waals surface area contributed by atoms with Crippen LogP contribution in [0.15, 0.2) is 53.4 Å².